The molecule has 21 heavy (non-hydrogen) atoms. The Kier molecular flexibility index (Phi) is 4.95. The molecule has 0 aromatic heterocycles. The van der Waals surface area contributed by atoms with Crippen LogP contribution in [0.25, 0.3) is 0 Å². The Balaban J connectivity index is 2.05. The highest BCUT2D eigenvalue weighted by Gasteiger charge is 2.09. The Morgan fingerprint density at radius 3 is 2.48 bits per heavy atom. The van der Waals surface area contributed by atoms with Crippen molar-refractivity contribution in [3.05, 3.63) is 59.2 Å². The third kappa shape index (κ3) is 4.07. The van der Waals surface area contributed by atoms with Gasteiger partial charge in [0.2, 0.25) is 0 Å². The molecule has 0 spiro atoms. The quantitative estimate of drug-likeness (QED) is 0.888. The molecule has 0 saturated carbocycles. The molecule has 0 unspecified atom stereocenters. The summed E-state index contributed by atoms with van der Waals surface area (Å²) in [6, 6.07) is 12.8. The maximum absolute atomic E-state index is 12.2. The van der Waals surface area contributed by atoms with E-state index in [0.717, 1.165) is 11.1 Å². The number of anilines is 1. The molecule has 0 saturated heterocycles. The lowest BCUT2D eigenvalue weighted by atomic mass is 10.1. The zero-order valence-electron chi connectivity index (χ0n) is 12.2. The maximum Gasteiger partial charge on any atom is 0.255 e. The van der Waals surface area contributed by atoms with E-state index < -0.39 is 0 Å². The van der Waals surface area contributed by atoms with Gasteiger partial charge in [0.15, 0.2) is 0 Å². The van der Waals surface area contributed by atoms with E-state index in [1.807, 2.05) is 32.0 Å². The van der Waals surface area contributed by atoms with Gasteiger partial charge in [-0.15, -0.1) is 0 Å². The monoisotopic (exact) mass is 285 g/mol. The molecule has 0 bridgehead atoms. The second kappa shape index (κ2) is 6.90. The first-order valence-electron chi connectivity index (χ1n) is 6.82. The summed E-state index contributed by atoms with van der Waals surface area (Å²) in [5, 5.41) is 11.5. The average Bonchev–Trinajstić information content (AvgIpc) is 2.46. The minimum Gasteiger partial charge on any atom is -0.491 e. The van der Waals surface area contributed by atoms with Gasteiger partial charge in [-0.1, -0.05) is 17.7 Å². The normalized spacial score (nSPS) is 10.2. The molecular formula is C17H19NO3. The topological polar surface area (TPSA) is 58.6 Å². The van der Waals surface area contributed by atoms with Gasteiger partial charge in [-0.25, -0.2) is 0 Å². The number of carbonyl (C=O) groups excluding carboxylic acids is 1. The number of nitrogens with one attached hydrogen (secondary N) is 1. The van der Waals surface area contributed by atoms with Crippen LogP contribution in [0.1, 0.15) is 21.5 Å². The molecule has 2 aromatic carbocycles. The summed E-state index contributed by atoms with van der Waals surface area (Å²) < 4.78 is 5.27. The summed E-state index contributed by atoms with van der Waals surface area (Å²) in [6.45, 7) is 4.16. The maximum atomic E-state index is 12.2. The molecule has 0 radical (unpaired) electrons. The standard InChI is InChI=1S/C17H19NO3/c1-12-3-8-16(13(2)11-12)17(20)18-14-4-6-15(7-5-14)21-10-9-19/h3-8,11,19H,9-10H2,1-2H3,(H,18,20). The summed E-state index contributed by atoms with van der Waals surface area (Å²) in [6.07, 6.45) is 0. The lowest BCUT2D eigenvalue weighted by Crippen LogP contribution is -2.13. The highest BCUT2D eigenvalue weighted by atomic mass is 16.5. The molecule has 0 aliphatic rings. The van der Waals surface area contributed by atoms with Crippen LogP contribution in [-0.2, 0) is 0 Å². The lowest BCUT2D eigenvalue weighted by Gasteiger charge is -2.09. The molecule has 2 N–H and O–H groups in total. The summed E-state index contributed by atoms with van der Waals surface area (Å²) in [4.78, 5) is 12.2. The fourth-order valence-corrected chi connectivity index (χ4v) is 2.06. The molecule has 4 nitrogen and oxygen atoms in total. The Hall–Kier alpha value is -2.33. The number of ether oxygens (including phenoxy) is 1. The average molecular weight is 285 g/mol. The molecule has 0 aliphatic heterocycles. The molecule has 110 valence electrons. The minimum atomic E-state index is -0.128. The third-order valence-electron chi connectivity index (χ3n) is 3.10. The third-order valence-corrected chi connectivity index (χ3v) is 3.10. The molecule has 0 fully saturated rings. The van der Waals surface area contributed by atoms with E-state index in [9.17, 15) is 4.79 Å². The van der Waals surface area contributed by atoms with Crippen LogP contribution >= 0.6 is 0 Å². The van der Waals surface area contributed by atoms with Crippen LogP contribution < -0.4 is 10.1 Å². The summed E-state index contributed by atoms with van der Waals surface area (Å²) in [5.74, 6) is 0.532. The first-order valence-corrected chi connectivity index (χ1v) is 6.82. The van der Waals surface area contributed by atoms with Crippen molar-refractivity contribution >= 4 is 11.6 Å². The van der Waals surface area contributed by atoms with Crippen molar-refractivity contribution < 1.29 is 14.6 Å². The lowest BCUT2D eigenvalue weighted by molar-refractivity contribution is 0.102. The number of aryl methyl sites for hydroxylation is 2. The van der Waals surface area contributed by atoms with E-state index in [1.54, 1.807) is 24.3 Å². The van der Waals surface area contributed by atoms with Crippen molar-refractivity contribution in [1.82, 2.24) is 0 Å². The van der Waals surface area contributed by atoms with Gasteiger partial charge in [0.1, 0.15) is 12.4 Å². The molecule has 1 amide bonds. The van der Waals surface area contributed by atoms with Crippen LogP contribution in [0, 0.1) is 13.8 Å². The van der Waals surface area contributed by atoms with Crippen LogP contribution in [0.15, 0.2) is 42.5 Å². The number of hydrogen-bond acceptors (Lipinski definition) is 3. The van der Waals surface area contributed by atoms with Crippen LogP contribution in [-0.4, -0.2) is 24.2 Å². The van der Waals surface area contributed by atoms with E-state index in [-0.39, 0.29) is 19.1 Å². The van der Waals surface area contributed by atoms with Crippen molar-refractivity contribution in [1.29, 1.82) is 0 Å². The smallest absolute Gasteiger partial charge is 0.255 e. The van der Waals surface area contributed by atoms with Gasteiger partial charge in [0, 0.05) is 11.3 Å². The number of carbonyl (C=O) groups is 1. The molecule has 4 heteroatoms. The van der Waals surface area contributed by atoms with Gasteiger partial charge < -0.3 is 15.2 Å². The van der Waals surface area contributed by atoms with E-state index in [1.165, 1.54) is 0 Å². The molecule has 2 rings (SSSR count). The zero-order chi connectivity index (χ0) is 15.2. The first kappa shape index (κ1) is 15.1. The molecule has 0 atom stereocenters. The summed E-state index contributed by atoms with van der Waals surface area (Å²) in [5.41, 5.74) is 3.46. The van der Waals surface area contributed by atoms with E-state index in [0.29, 0.717) is 17.0 Å². The Bertz CT molecular complexity index is 620. The molecule has 2 aromatic rings. The van der Waals surface area contributed by atoms with Gasteiger partial charge in [0.25, 0.3) is 5.91 Å². The largest absolute Gasteiger partial charge is 0.491 e. The van der Waals surface area contributed by atoms with Gasteiger partial charge >= 0.3 is 0 Å². The second-order valence-electron chi connectivity index (χ2n) is 4.87. The van der Waals surface area contributed by atoms with Crippen molar-refractivity contribution in [3.63, 3.8) is 0 Å². The number of benzene rings is 2. The van der Waals surface area contributed by atoms with Crippen molar-refractivity contribution in [2.24, 2.45) is 0 Å². The Labute approximate surface area is 124 Å². The van der Waals surface area contributed by atoms with Crippen LogP contribution in [0.5, 0.6) is 5.75 Å². The van der Waals surface area contributed by atoms with Crippen molar-refractivity contribution in [3.8, 4) is 5.75 Å². The molecule has 0 aliphatic carbocycles. The van der Waals surface area contributed by atoms with Crippen molar-refractivity contribution in [2.75, 3.05) is 18.5 Å². The predicted octanol–water partition coefficient (Wildman–Crippen LogP) is 2.93. The number of hydrogen-bond donors (Lipinski definition) is 2. The van der Waals surface area contributed by atoms with Crippen molar-refractivity contribution in [2.45, 2.75) is 13.8 Å². The summed E-state index contributed by atoms with van der Waals surface area (Å²) in [7, 11) is 0. The molecular weight excluding hydrogens is 266 g/mol. The van der Waals surface area contributed by atoms with Gasteiger partial charge in [-0.2, -0.15) is 0 Å². The van der Waals surface area contributed by atoms with Crippen LogP contribution in [0.2, 0.25) is 0 Å². The Morgan fingerprint density at radius 1 is 1.14 bits per heavy atom. The number of aliphatic hydroxyl groups excluding tert-OH is 1. The van der Waals surface area contributed by atoms with E-state index >= 15 is 0 Å². The van der Waals surface area contributed by atoms with Crippen LogP contribution in [0.3, 0.4) is 0 Å². The number of rotatable bonds is 5. The number of amides is 1. The number of aliphatic hydroxyl groups is 1. The van der Waals surface area contributed by atoms with Gasteiger partial charge in [0.05, 0.1) is 6.61 Å². The second-order valence-corrected chi connectivity index (χ2v) is 4.87. The Morgan fingerprint density at radius 2 is 1.86 bits per heavy atom. The van der Waals surface area contributed by atoms with Gasteiger partial charge in [-0.3, -0.25) is 4.79 Å². The predicted molar refractivity (Wildman–Crippen MR) is 82.9 cm³/mol. The highest BCUT2D eigenvalue weighted by molar-refractivity contribution is 6.05. The first-order chi connectivity index (χ1) is 10.1. The fourth-order valence-electron chi connectivity index (χ4n) is 2.06. The summed E-state index contributed by atoms with van der Waals surface area (Å²) >= 11 is 0. The zero-order valence-corrected chi connectivity index (χ0v) is 12.2. The van der Waals surface area contributed by atoms with E-state index in [2.05, 4.69) is 5.32 Å². The minimum absolute atomic E-state index is 0.0226. The van der Waals surface area contributed by atoms with E-state index in [4.69, 9.17) is 9.84 Å². The SMILES string of the molecule is Cc1ccc(C(=O)Nc2ccc(OCCO)cc2)c(C)c1. The van der Waals surface area contributed by atoms with Crippen LogP contribution in [0.4, 0.5) is 5.69 Å². The highest BCUT2D eigenvalue weighted by Crippen LogP contribution is 2.17. The van der Waals surface area contributed by atoms with Gasteiger partial charge in [-0.05, 0) is 49.7 Å². The molecule has 0 heterocycles. The fraction of sp³-hybridized carbons (Fsp3) is 0.235.